The molecule has 28 heavy (non-hydrogen) atoms. The lowest BCUT2D eigenvalue weighted by Gasteiger charge is -2.14. The fraction of sp³-hybridized carbons (Fsp3) is 0.286. The van der Waals surface area contributed by atoms with Gasteiger partial charge in [-0.25, -0.2) is 4.79 Å². The maximum Gasteiger partial charge on any atom is 0.319 e. The molecule has 0 aliphatic heterocycles. The predicted octanol–water partition coefficient (Wildman–Crippen LogP) is 3.22. The minimum absolute atomic E-state index is 0.188. The monoisotopic (exact) mass is 384 g/mol. The molecule has 7 heteroatoms. The summed E-state index contributed by atoms with van der Waals surface area (Å²) < 4.78 is 21.3. The molecule has 7 nitrogen and oxygen atoms in total. The molecule has 0 aliphatic carbocycles. The fourth-order valence-corrected chi connectivity index (χ4v) is 2.40. The zero-order chi connectivity index (χ0) is 20.4. The molecule has 2 N–H and O–H groups in total. The molecule has 0 saturated heterocycles. The van der Waals surface area contributed by atoms with Gasteiger partial charge in [0.25, 0.3) is 0 Å². The number of amides is 2. The molecule has 0 bridgehead atoms. The summed E-state index contributed by atoms with van der Waals surface area (Å²) in [6.45, 7) is 2.41. The van der Waals surface area contributed by atoms with Gasteiger partial charge in [-0.2, -0.15) is 0 Å². The number of anilines is 1. The van der Waals surface area contributed by atoms with E-state index in [1.807, 2.05) is 31.2 Å². The molecular weight excluding hydrogens is 360 g/mol. The van der Waals surface area contributed by atoms with E-state index in [1.165, 1.54) is 21.3 Å². The van der Waals surface area contributed by atoms with Crippen LogP contribution in [-0.4, -0.2) is 40.5 Å². The smallest absolute Gasteiger partial charge is 0.319 e. The summed E-state index contributed by atoms with van der Waals surface area (Å²) >= 11 is 0. The highest BCUT2D eigenvalue weighted by Crippen LogP contribution is 2.39. The second-order valence-corrected chi connectivity index (χ2v) is 5.63. The number of aryl methyl sites for hydroxylation is 1. The van der Waals surface area contributed by atoms with Gasteiger partial charge in [0, 0.05) is 12.1 Å². The Labute approximate surface area is 164 Å². The lowest BCUT2D eigenvalue weighted by molar-refractivity contribution is 0.253. The highest BCUT2D eigenvalue weighted by molar-refractivity contribution is 5.90. The summed E-state index contributed by atoms with van der Waals surface area (Å²) in [5.74, 6) is 7.85. The van der Waals surface area contributed by atoms with Gasteiger partial charge < -0.3 is 29.6 Å². The van der Waals surface area contributed by atoms with Crippen molar-refractivity contribution in [1.29, 1.82) is 0 Å². The van der Waals surface area contributed by atoms with E-state index in [-0.39, 0.29) is 13.2 Å². The third kappa shape index (κ3) is 5.74. The number of para-hydroxylation sites is 1. The fourth-order valence-electron chi connectivity index (χ4n) is 2.40. The van der Waals surface area contributed by atoms with Crippen LogP contribution in [0.3, 0.4) is 0 Å². The van der Waals surface area contributed by atoms with Gasteiger partial charge in [0.05, 0.1) is 33.6 Å². The van der Waals surface area contributed by atoms with Gasteiger partial charge in [0.2, 0.25) is 5.75 Å². The Morgan fingerprint density at radius 3 is 2.25 bits per heavy atom. The van der Waals surface area contributed by atoms with Gasteiger partial charge in [0.1, 0.15) is 12.4 Å². The van der Waals surface area contributed by atoms with Gasteiger partial charge in [-0.1, -0.05) is 30.0 Å². The molecule has 0 spiro atoms. The van der Waals surface area contributed by atoms with Crippen molar-refractivity contribution < 1.29 is 23.7 Å². The van der Waals surface area contributed by atoms with Crippen molar-refractivity contribution in [1.82, 2.24) is 5.32 Å². The van der Waals surface area contributed by atoms with E-state index >= 15 is 0 Å². The summed E-state index contributed by atoms with van der Waals surface area (Å²) in [7, 11) is 4.53. The Hall–Kier alpha value is -3.53. The van der Waals surface area contributed by atoms with Crippen LogP contribution >= 0.6 is 0 Å². The average Bonchev–Trinajstić information content (AvgIpc) is 2.70. The minimum atomic E-state index is -0.400. The first-order chi connectivity index (χ1) is 13.6. The van der Waals surface area contributed by atoms with E-state index in [9.17, 15) is 4.79 Å². The highest BCUT2D eigenvalue weighted by atomic mass is 16.5. The number of carbonyl (C=O) groups excluding carboxylic acids is 1. The second kappa shape index (κ2) is 10.6. The summed E-state index contributed by atoms with van der Waals surface area (Å²) in [6.07, 6.45) is 0. The van der Waals surface area contributed by atoms with Crippen LogP contribution in [-0.2, 0) is 0 Å². The van der Waals surface area contributed by atoms with Crippen LogP contribution in [0.1, 0.15) is 5.56 Å². The molecule has 0 atom stereocenters. The number of hydrogen-bond donors (Lipinski definition) is 2. The number of ether oxygens (including phenoxy) is 4. The maximum atomic E-state index is 12.0. The van der Waals surface area contributed by atoms with E-state index in [2.05, 4.69) is 22.5 Å². The standard InChI is InChI=1S/C21H24N2O5/c1-15-9-5-6-10-17(15)28-12-8-7-11-22-21(24)23-16-13-18(25-2)20(27-4)19(14-16)26-3/h5-6,9-10,13-14H,11-12H2,1-4H3,(H2,22,23,24). The van der Waals surface area contributed by atoms with Gasteiger partial charge in [-0.05, 0) is 18.6 Å². The zero-order valence-corrected chi connectivity index (χ0v) is 16.4. The summed E-state index contributed by atoms with van der Waals surface area (Å²) in [5, 5.41) is 5.35. The van der Waals surface area contributed by atoms with Gasteiger partial charge in [0.15, 0.2) is 11.5 Å². The minimum Gasteiger partial charge on any atom is -0.493 e. The van der Waals surface area contributed by atoms with Crippen LogP contribution in [0.25, 0.3) is 0 Å². The van der Waals surface area contributed by atoms with E-state index in [4.69, 9.17) is 18.9 Å². The quantitative estimate of drug-likeness (QED) is 0.717. The largest absolute Gasteiger partial charge is 0.493 e. The predicted molar refractivity (Wildman–Crippen MR) is 108 cm³/mol. The van der Waals surface area contributed by atoms with Gasteiger partial charge in [-0.3, -0.25) is 0 Å². The Morgan fingerprint density at radius 2 is 1.64 bits per heavy atom. The molecule has 0 aliphatic rings. The van der Waals surface area contributed by atoms with Crippen molar-refractivity contribution in [2.75, 3.05) is 39.8 Å². The number of urea groups is 1. The molecule has 0 radical (unpaired) electrons. The van der Waals surface area contributed by atoms with Crippen molar-refractivity contribution >= 4 is 11.7 Å². The van der Waals surface area contributed by atoms with Crippen LogP contribution in [0.15, 0.2) is 36.4 Å². The number of benzene rings is 2. The number of methoxy groups -OCH3 is 3. The second-order valence-electron chi connectivity index (χ2n) is 5.63. The van der Waals surface area contributed by atoms with Crippen LogP contribution in [0, 0.1) is 18.8 Å². The molecule has 2 aromatic rings. The van der Waals surface area contributed by atoms with E-state index < -0.39 is 6.03 Å². The summed E-state index contributed by atoms with van der Waals surface area (Å²) in [5.41, 5.74) is 1.55. The van der Waals surface area contributed by atoms with Crippen LogP contribution in [0.4, 0.5) is 10.5 Å². The molecular formula is C21H24N2O5. The molecule has 2 aromatic carbocycles. The SMILES string of the molecule is COc1cc(NC(=O)NCC#CCOc2ccccc2C)cc(OC)c1OC. The number of hydrogen-bond acceptors (Lipinski definition) is 5. The molecule has 148 valence electrons. The molecule has 2 amide bonds. The lowest BCUT2D eigenvalue weighted by Crippen LogP contribution is -2.29. The van der Waals surface area contributed by atoms with Gasteiger partial charge >= 0.3 is 6.03 Å². The molecule has 0 saturated carbocycles. The van der Waals surface area contributed by atoms with Crippen LogP contribution in [0.2, 0.25) is 0 Å². The molecule has 0 fully saturated rings. The van der Waals surface area contributed by atoms with Crippen molar-refractivity contribution in [3.05, 3.63) is 42.0 Å². The molecule has 0 heterocycles. The zero-order valence-electron chi connectivity index (χ0n) is 16.4. The Bertz CT molecular complexity index is 846. The Morgan fingerprint density at radius 1 is 0.964 bits per heavy atom. The average molecular weight is 384 g/mol. The van der Waals surface area contributed by atoms with Crippen molar-refractivity contribution in [3.63, 3.8) is 0 Å². The first-order valence-electron chi connectivity index (χ1n) is 8.58. The topological polar surface area (TPSA) is 78.1 Å². The third-order valence-corrected chi connectivity index (χ3v) is 3.78. The maximum absolute atomic E-state index is 12.0. The van der Waals surface area contributed by atoms with Crippen molar-refractivity contribution in [2.45, 2.75) is 6.92 Å². The lowest BCUT2D eigenvalue weighted by atomic mass is 10.2. The number of nitrogens with one attached hydrogen (secondary N) is 2. The highest BCUT2D eigenvalue weighted by Gasteiger charge is 2.14. The van der Waals surface area contributed by atoms with Crippen LogP contribution in [0.5, 0.6) is 23.0 Å². The van der Waals surface area contributed by atoms with E-state index in [0.717, 1.165) is 11.3 Å². The first kappa shape index (κ1) is 20.8. The Balaban J connectivity index is 1.84. The Kier molecular flexibility index (Phi) is 7.85. The van der Waals surface area contributed by atoms with Crippen molar-refractivity contribution in [3.8, 4) is 34.8 Å². The molecule has 0 aromatic heterocycles. The summed E-state index contributed by atoms with van der Waals surface area (Å²) in [4.78, 5) is 12.0. The third-order valence-electron chi connectivity index (χ3n) is 3.78. The molecule has 2 rings (SSSR count). The summed E-state index contributed by atoms with van der Waals surface area (Å²) in [6, 6.07) is 10.6. The normalized spacial score (nSPS) is 9.57. The number of rotatable bonds is 7. The van der Waals surface area contributed by atoms with Crippen LogP contribution < -0.4 is 29.6 Å². The number of carbonyl (C=O) groups is 1. The van der Waals surface area contributed by atoms with E-state index in [0.29, 0.717) is 22.9 Å². The first-order valence-corrected chi connectivity index (χ1v) is 8.58. The van der Waals surface area contributed by atoms with Crippen molar-refractivity contribution in [2.24, 2.45) is 0 Å². The van der Waals surface area contributed by atoms with E-state index in [1.54, 1.807) is 12.1 Å². The molecule has 0 unspecified atom stereocenters. The van der Waals surface area contributed by atoms with Gasteiger partial charge in [-0.15, -0.1) is 0 Å².